The molecular weight excluding hydrogens is 721 g/mol. The lowest BCUT2D eigenvalue weighted by atomic mass is 9.81. The molecule has 2 aliphatic carbocycles. The Labute approximate surface area is 341 Å². The van der Waals surface area contributed by atoms with E-state index in [0.717, 1.165) is 72.6 Å². The van der Waals surface area contributed by atoms with E-state index in [1.54, 1.807) is 0 Å². The molecule has 10 aromatic rings. The van der Waals surface area contributed by atoms with Crippen LogP contribution >= 0.6 is 0 Å². The van der Waals surface area contributed by atoms with Crippen LogP contribution in [0.25, 0.3) is 105 Å². The number of rotatable bonds is 5. The highest BCUT2D eigenvalue weighted by Crippen LogP contribution is 2.50. The molecule has 7 aromatic carbocycles. The zero-order valence-electron chi connectivity index (χ0n) is 32.6. The third kappa shape index (κ3) is 5.24. The van der Waals surface area contributed by atoms with Crippen molar-refractivity contribution in [2.45, 2.75) is 25.7 Å². The van der Waals surface area contributed by atoms with Gasteiger partial charge in [-0.1, -0.05) is 159 Å². The predicted molar refractivity (Wildman–Crippen MR) is 241 cm³/mol. The third-order valence-electron chi connectivity index (χ3n) is 12.3. The molecule has 12 rings (SSSR count). The number of benzene rings is 7. The molecule has 0 amide bonds. The van der Waals surface area contributed by atoms with Gasteiger partial charge in [-0.25, -0.2) is 19.9 Å². The van der Waals surface area contributed by atoms with Gasteiger partial charge in [-0.15, -0.1) is 0 Å². The van der Waals surface area contributed by atoms with Crippen molar-refractivity contribution < 1.29 is 4.42 Å². The molecule has 59 heavy (non-hydrogen) atoms. The highest BCUT2D eigenvalue weighted by atomic mass is 16.3. The van der Waals surface area contributed by atoms with Crippen LogP contribution in [0, 0.1) is 0 Å². The molecule has 0 saturated carbocycles. The predicted octanol–water partition coefficient (Wildman–Crippen LogP) is 13.8. The van der Waals surface area contributed by atoms with Crippen LogP contribution < -0.4 is 0 Å². The lowest BCUT2D eigenvalue weighted by Gasteiger charge is -2.22. The van der Waals surface area contributed by atoms with Gasteiger partial charge in [0.25, 0.3) is 0 Å². The molecule has 3 heterocycles. The van der Waals surface area contributed by atoms with Crippen LogP contribution in [0.15, 0.2) is 174 Å². The summed E-state index contributed by atoms with van der Waals surface area (Å²) in [5, 5.41) is 5.58. The van der Waals surface area contributed by atoms with Gasteiger partial charge in [0, 0.05) is 43.8 Å². The summed E-state index contributed by atoms with van der Waals surface area (Å²) >= 11 is 0. The summed E-state index contributed by atoms with van der Waals surface area (Å²) in [6.45, 7) is 4.67. The lowest BCUT2D eigenvalue weighted by Crippen LogP contribution is -2.14. The Bertz CT molecular complexity index is 3440. The maximum absolute atomic E-state index is 6.49. The van der Waals surface area contributed by atoms with E-state index in [0.29, 0.717) is 17.5 Å². The second kappa shape index (κ2) is 12.8. The molecule has 0 saturated heterocycles. The summed E-state index contributed by atoms with van der Waals surface area (Å²) in [6, 6.07) is 53.7. The zero-order chi connectivity index (χ0) is 39.2. The minimum Gasteiger partial charge on any atom is -0.454 e. The Kier molecular flexibility index (Phi) is 7.27. The van der Waals surface area contributed by atoms with Crippen molar-refractivity contribution in [2.24, 2.45) is 0 Å². The summed E-state index contributed by atoms with van der Waals surface area (Å²) in [7, 11) is 0. The number of hydrogen-bond donors (Lipinski definition) is 0. The van der Waals surface area contributed by atoms with Crippen molar-refractivity contribution in [3.63, 3.8) is 0 Å². The molecule has 5 heteroatoms. The molecule has 0 radical (unpaired) electrons. The van der Waals surface area contributed by atoms with Crippen molar-refractivity contribution in [3.8, 4) is 56.3 Å². The molecule has 0 N–H and O–H groups in total. The number of fused-ring (bicyclic) bond motifs is 9. The Hall–Kier alpha value is -7.50. The van der Waals surface area contributed by atoms with Gasteiger partial charge < -0.3 is 4.42 Å². The van der Waals surface area contributed by atoms with E-state index in [-0.39, 0.29) is 5.41 Å². The van der Waals surface area contributed by atoms with Gasteiger partial charge in [0.2, 0.25) is 0 Å². The Morgan fingerprint density at radius 1 is 0.508 bits per heavy atom. The largest absolute Gasteiger partial charge is 0.454 e. The number of nitrogens with zero attached hydrogens (tertiary/aromatic N) is 4. The molecule has 2 aliphatic rings. The fourth-order valence-corrected chi connectivity index (χ4v) is 9.34. The first-order valence-electron chi connectivity index (χ1n) is 20.2. The van der Waals surface area contributed by atoms with E-state index in [9.17, 15) is 0 Å². The van der Waals surface area contributed by atoms with Crippen molar-refractivity contribution in [1.82, 2.24) is 19.9 Å². The fourth-order valence-electron chi connectivity index (χ4n) is 9.34. The Morgan fingerprint density at radius 3 is 2.07 bits per heavy atom. The van der Waals surface area contributed by atoms with Crippen LogP contribution in [0.5, 0.6) is 0 Å². The SMILES string of the molecule is CC1(C)c2ccccc2-c2ccc(-c3cccc4cc(-c5nc(C6=CCC=C6)nc(-c6ccc(-c7nc8ccccc8c8c7oc7ccccc78)cc6)n5)ccc34)cc21. The first kappa shape index (κ1) is 33.6. The number of pyridine rings is 1. The van der Waals surface area contributed by atoms with Crippen LogP contribution in [-0.4, -0.2) is 19.9 Å². The highest BCUT2D eigenvalue weighted by molar-refractivity contribution is 6.20. The normalized spacial score (nSPS) is 14.0. The quantitative estimate of drug-likeness (QED) is 0.175. The maximum atomic E-state index is 6.49. The molecule has 0 aliphatic heterocycles. The molecule has 0 fully saturated rings. The molecule has 0 atom stereocenters. The van der Waals surface area contributed by atoms with Crippen molar-refractivity contribution in [2.75, 3.05) is 0 Å². The average Bonchev–Trinajstić information content (AvgIpc) is 4.02. The third-order valence-corrected chi connectivity index (χ3v) is 12.3. The Morgan fingerprint density at radius 2 is 1.20 bits per heavy atom. The van der Waals surface area contributed by atoms with Gasteiger partial charge in [0.15, 0.2) is 23.1 Å². The first-order valence-corrected chi connectivity index (χ1v) is 20.2. The van der Waals surface area contributed by atoms with E-state index in [2.05, 4.69) is 166 Å². The van der Waals surface area contributed by atoms with Crippen molar-refractivity contribution in [1.29, 1.82) is 0 Å². The van der Waals surface area contributed by atoms with Gasteiger partial charge in [-0.3, -0.25) is 0 Å². The van der Waals surface area contributed by atoms with Gasteiger partial charge in [0.05, 0.1) is 5.52 Å². The van der Waals surface area contributed by atoms with Gasteiger partial charge in [0.1, 0.15) is 11.3 Å². The zero-order valence-corrected chi connectivity index (χ0v) is 32.6. The summed E-state index contributed by atoms with van der Waals surface area (Å²) in [5.74, 6) is 1.92. The second-order valence-electron chi connectivity index (χ2n) is 16.1. The van der Waals surface area contributed by atoms with E-state index < -0.39 is 0 Å². The smallest absolute Gasteiger partial charge is 0.164 e. The van der Waals surface area contributed by atoms with Gasteiger partial charge >= 0.3 is 0 Å². The summed E-state index contributed by atoms with van der Waals surface area (Å²) in [6.07, 6.45) is 7.26. The van der Waals surface area contributed by atoms with E-state index in [4.69, 9.17) is 24.4 Å². The summed E-state index contributed by atoms with van der Waals surface area (Å²) in [4.78, 5) is 20.3. The maximum Gasteiger partial charge on any atom is 0.164 e. The van der Waals surface area contributed by atoms with Crippen LogP contribution in [0.2, 0.25) is 0 Å². The molecule has 278 valence electrons. The molecule has 0 unspecified atom stereocenters. The first-order chi connectivity index (χ1) is 29.0. The molecule has 3 aromatic heterocycles. The monoisotopic (exact) mass is 756 g/mol. The standard InChI is InChI=1S/C54H36N4O/c1-54(2)44-19-8-5-15-40(44)41-29-26-36(31-45(41)54)38-18-11-14-35-30-37(27-28-39(35)38)53-57-51(33-12-3-4-13-33)56-52(58-53)34-24-22-32(23-25-34)49-50-48(42-16-6-9-20-46(42)55-49)43-17-7-10-21-47(43)59-50/h3,5-31H,4H2,1-2H3. The molecular formula is C54H36N4O. The molecule has 5 nitrogen and oxygen atoms in total. The van der Waals surface area contributed by atoms with Crippen molar-refractivity contribution >= 4 is 49.2 Å². The number of furan rings is 1. The van der Waals surface area contributed by atoms with Crippen LogP contribution in [0.3, 0.4) is 0 Å². The minimum absolute atomic E-state index is 0.0631. The van der Waals surface area contributed by atoms with Gasteiger partial charge in [-0.05, 0) is 74.8 Å². The number of allylic oxidation sites excluding steroid dienone is 4. The number of hydrogen-bond acceptors (Lipinski definition) is 5. The number of para-hydroxylation sites is 2. The topological polar surface area (TPSA) is 64.7 Å². The molecule has 0 bridgehead atoms. The van der Waals surface area contributed by atoms with Crippen LogP contribution in [0.4, 0.5) is 0 Å². The van der Waals surface area contributed by atoms with E-state index in [1.165, 1.54) is 38.8 Å². The average molecular weight is 757 g/mol. The van der Waals surface area contributed by atoms with E-state index >= 15 is 0 Å². The second-order valence-corrected chi connectivity index (χ2v) is 16.1. The highest BCUT2D eigenvalue weighted by Gasteiger charge is 2.35. The van der Waals surface area contributed by atoms with Crippen LogP contribution in [-0.2, 0) is 5.41 Å². The Balaban J connectivity index is 0.939. The summed E-state index contributed by atoms with van der Waals surface area (Å²) < 4.78 is 6.49. The number of aromatic nitrogens is 4. The fraction of sp³-hybridized carbons (Fsp3) is 0.0741. The van der Waals surface area contributed by atoms with Crippen molar-refractivity contribution in [3.05, 3.63) is 187 Å². The van der Waals surface area contributed by atoms with Gasteiger partial charge in [-0.2, -0.15) is 0 Å². The lowest BCUT2D eigenvalue weighted by molar-refractivity contribution is 0.660. The minimum atomic E-state index is -0.0631. The summed E-state index contributed by atoms with van der Waals surface area (Å²) in [5.41, 5.74) is 15.0. The molecule has 0 spiro atoms. The van der Waals surface area contributed by atoms with E-state index in [1.807, 2.05) is 18.2 Å². The van der Waals surface area contributed by atoms with Crippen LogP contribution in [0.1, 0.15) is 37.2 Å².